The Hall–Kier alpha value is -2.41. The molecule has 7 heteroatoms. The van der Waals surface area contributed by atoms with Gasteiger partial charge in [0.05, 0.1) is 11.4 Å². The molecule has 1 unspecified atom stereocenters. The summed E-state index contributed by atoms with van der Waals surface area (Å²) >= 11 is 1.61. The average molecular weight is 453 g/mol. The number of nitrogens with zero attached hydrogens (tertiary/aromatic N) is 3. The zero-order valence-electron chi connectivity index (χ0n) is 18.8. The van der Waals surface area contributed by atoms with Gasteiger partial charge in [-0.25, -0.2) is 0 Å². The molecule has 1 N–H and O–H groups in total. The Morgan fingerprint density at radius 2 is 2.12 bits per heavy atom. The van der Waals surface area contributed by atoms with E-state index in [0.29, 0.717) is 18.8 Å². The first-order valence-electron chi connectivity index (χ1n) is 12.0. The molecule has 3 heterocycles. The largest absolute Gasteiger partial charge is 0.351 e. The van der Waals surface area contributed by atoms with Crippen molar-refractivity contribution < 1.29 is 9.59 Å². The van der Waals surface area contributed by atoms with E-state index in [1.807, 2.05) is 35.4 Å². The van der Waals surface area contributed by atoms with Crippen LogP contribution in [0.3, 0.4) is 0 Å². The lowest BCUT2D eigenvalue weighted by Crippen LogP contribution is -2.65. The summed E-state index contributed by atoms with van der Waals surface area (Å²) in [5.74, 6) is -0.138. The van der Waals surface area contributed by atoms with Crippen molar-refractivity contribution in [3.63, 3.8) is 0 Å². The number of amides is 2. The van der Waals surface area contributed by atoms with Crippen molar-refractivity contribution in [3.8, 4) is 10.6 Å². The summed E-state index contributed by atoms with van der Waals surface area (Å²) in [5.41, 5.74) is 1.86. The third-order valence-electron chi connectivity index (χ3n) is 7.29. The van der Waals surface area contributed by atoms with Gasteiger partial charge in [0.25, 0.3) is 5.91 Å². The normalized spacial score (nSPS) is 23.8. The quantitative estimate of drug-likeness (QED) is 0.642. The van der Waals surface area contributed by atoms with Gasteiger partial charge in [0.1, 0.15) is 16.9 Å². The zero-order valence-corrected chi connectivity index (χ0v) is 19.6. The highest BCUT2D eigenvalue weighted by Gasteiger charge is 2.48. The minimum Gasteiger partial charge on any atom is -0.351 e. The summed E-state index contributed by atoms with van der Waals surface area (Å²) in [6.07, 6.45) is 12.2. The van der Waals surface area contributed by atoms with E-state index in [4.69, 9.17) is 5.10 Å². The highest BCUT2D eigenvalue weighted by Crippen LogP contribution is 2.33. The summed E-state index contributed by atoms with van der Waals surface area (Å²) in [6, 6.07) is 6.11. The van der Waals surface area contributed by atoms with Crippen LogP contribution in [-0.2, 0) is 11.3 Å². The molecule has 1 fully saturated rings. The number of hydrogen-bond acceptors (Lipinski definition) is 4. The molecule has 1 aliphatic heterocycles. The van der Waals surface area contributed by atoms with Crippen LogP contribution in [0.15, 0.2) is 35.2 Å². The Balaban J connectivity index is 1.44. The van der Waals surface area contributed by atoms with Gasteiger partial charge >= 0.3 is 0 Å². The number of aromatic nitrogens is 2. The van der Waals surface area contributed by atoms with Gasteiger partial charge < -0.3 is 10.2 Å². The molecule has 5 rings (SSSR count). The van der Waals surface area contributed by atoms with Crippen molar-refractivity contribution in [2.24, 2.45) is 0 Å². The zero-order chi connectivity index (χ0) is 22.1. The van der Waals surface area contributed by atoms with Crippen LogP contribution in [0.5, 0.6) is 0 Å². The predicted molar refractivity (Wildman–Crippen MR) is 127 cm³/mol. The van der Waals surface area contributed by atoms with E-state index in [9.17, 15) is 9.59 Å². The van der Waals surface area contributed by atoms with E-state index in [2.05, 4.69) is 11.4 Å². The molecule has 2 aliphatic carbocycles. The molecule has 0 spiro atoms. The molecular formula is C25H32N4O2S. The maximum Gasteiger partial charge on any atom is 0.273 e. The Morgan fingerprint density at radius 1 is 1.28 bits per heavy atom. The third kappa shape index (κ3) is 4.03. The van der Waals surface area contributed by atoms with Crippen LogP contribution in [0.1, 0.15) is 75.2 Å². The second kappa shape index (κ2) is 8.85. The Kier molecular flexibility index (Phi) is 5.93. The number of carbonyl (C=O) groups is 2. The number of carbonyl (C=O) groups excluding carboxylic acids is 2. The molecule has 1 saturated carbocycles. The van der Waals surface area contributed by atoms with Crippen LogP contribution in [0.25, 0.3) is 10.6 Å². The highest BCUT2D eigenvalue weighted by molar-refractivity contribution is 7.13. The first-order chi connectivity index (χ1) is 15.5. The van der Waals surface area contributed by atoms with Gasteiger partial charge in [0, 0.05) is 12.6 Å². The fourth-order valence-electron chi connectivity index (χ4n) is 5.33. The van der Waals surface area contributed by atoms with Crippen molar-refractivity contribution in [1.29, 1.82) is 0 Å². The molecule has 6 nitrogen and oxygen atoms in total. The van der Waals surface area contributed by atoms with Crippen molar-refractivity contribution in [2.45, 2.75) is 82.8 Å². The van der Waals surface area contributed by atoms with Crippen LogP contribution in [0, 0.1) is 0 Å². The van der Waals surface area contributed by atoms with Crippen LogP contribution < -0.4 is 5.32 Å². The summed E-state index contributed by atoms with van der Waals surface area (Å²) in [4.78, 5) is 30.1. The molecule has 1 atom stereocenters. The SMILES string of the molecule is CC1(C(=O)NC2CCCC2)Cn2nc(-c3cccs3)cc2C(=O)N1CCC1=CCCCC1. The lowest BCUT2D eigenvalue weighted by molar-refractivity contribution is -0.133. The number of nitrogens with one attached hydrogen (secondary N) is 1. The van der Waals surface area contributed by atoms with Crippen molar-refractivity contribution in [2.75, 3.05) is 6.54 Å². The number of hydrogen-bond donors (Lipinski definition) is 1. The molecule has 170 valence electrons. The van der Waals surface area contributed by atoms with E-state index in [0.717, 1.165) is 55.5 Å². The third-order valence-corrected chi connectivity index (χ3v) is 8.18. The predicted octanol–water partition coefficient (Wildman–Crippen LogP) is 4.78. The van der Waals surface area contributed by atoms with E-state index >= 15 is 0 Å². The molecular weight excluding hydrogens is 420 g/mol. The fourth-order valence-corrected chi connectivity index (χ4v) is 6.02. The molecule has 0 bridgehead atoms. The first kappa shape index (κ1) is 21.4. The summed E-state index contributed by atoms with van der Waals surface area (Å²) in [6.45, 7) is 2.87. The number of thiophene rings is 1. The maximum atomic E-state index is 13.7. The van der Waals surface area contributed by atoms with Gasteiger partial charge in [-0.05, 0) is 69.4 Å². The summed E-state index contributed by atoms with van der Waals surface area (Å²) in [7, 11) is 0. The van der Waals surface area contributed by atoms with Crippen molar-refractivity contribution in [3.05, 3.63) is 40.9 Å². The summed E-state index contributed by atoms with van der Waals surface area (Å²) < 4.78 is 1.75. The first-order valence-corrected chi connectivity index (χ1v) is 12.9. The fraction of sp³-hybridized carbons (Fsp3) is 0.560. The van der Waals surface area contributed by atoms with E-state index in [1.165, 1.54) is 18.4 Å². The van der Waals surface area contributed by atoms with E-state index < -0.39 is 5.54 Å². The van der Waals surface area contributed by atoms with Gasteiger partial charge in [0.15, 0.2) is 0 Å². The monoisotopic (exact) mass is 452 g/mol. The van der Waals surface area contributed by atoms with Crippen LogP contribution in [0.2, 0.25) is 0 Å². The van der Waals surface area contributed by atoms with Crippen LogP contribution >= 0.6 is 11.3 Å². The topological polar surface area (TPSA) is 67.2 Å². The van der Waals surface area contributed by atoms with Gasteiger partial charge in [0.2, 0.25) is 5.91 Å². The average Bonchev–Trinajstić information content (AvgIpc) is 3.56. The Morgan fingerprint density at radius 3 is 2.84 bits per heavy atom. The molecule has 2 amide bonds. The van der Waals surface area contributed by atoms with Crippen molar-refractivity contribution in [1.82, 2.24) is 20.0 Å². The molecule has 3 aliphatic rings. The van der Waals surface area contributed by atoms with E-state index in [-0.39, 0.29) is 17.9 Å². The minimum atomic E-state index is -0.944. The number of allylic oxidation sites excluding steroid dienone is 1. The lowest BCUT2D eigenvalue weighted by Gasteiger charge is -2.44. The van der Waals surface area contributed by atoms with Gasteiger partial charge in [-0.2, -0.15) is 5.10 Å². The Bertz CT molecular complexity index is 1020. The lowest BCUT2D eigenvalue weighted by atomic mass is 9.92. The van der Waals surface area contributed by atoms with Crippen molar-refractivity contribution >= 4 is 23.2 Å². The maximum absolute atomic E-state index is 13.7. The molecule has 0 radical (unpaired) electrons. The molecule has 2 aromatic rings. The second-order valence-corrected chi connectivity index (χ2v) is 10.5. The van der Waals surface area contributed by atoms with Crippen LogP contribution in [-0.4, -0.2) is 44.6 Å². The highest BCUT2D eigenvalue weighted by atomic mass is 32.1. The smallest absolute Gasteiger partial charge is 0.273 e. The second-order valence-electron chi connectivity index (χ2n) is 9.59. The molecule has 2 aromatic heterocycles. The minimum absolute atomic E-state index is 0.0470. The Labute approximate surface area is 193 Å². The molecule has 0 aromatic carbocycles. The number of rotatable bonds is 6. The molecule has 0 saturated heterocycles. The van der Waals surface area contributed by atoms with Gasteiger partial charge in [-0.15, -0.1) is 11.3 Å². The summed E-state index contributed by atoms with van der Waals surface area (Å²) in [5, 5.41) is 9.99. The standard InChI is InChI=1S/C25H32N4O2S/c1-25(24(31)26-19-10-5-6-11-19)17-29-21(16-20(27-29)22-12-7-15-32-22)23(30)28(25)14-13-18-8-3-2-4-9-18/h7-8,12,15-16,19H,2-6,9-11,13-14,17H2,1H3,(H,26,31). The van der Waals surface area contributed by atoms with Gasteiger partial charge in [-0.1, -0.05) is 30.6 Å². The number of fused-ring (bicyclic) bond motifs is 1. The van der Waals surface area contributed by atoms with E-state index in [1.54, 1.807) is 16.0 Å². The molecule has 32 heavy (non-hydrogen) atoms. The van der Waals surface area contributed by atoms with Crippen LogP contribution in [0.4, 0.5) is 0 Å². The van der Waals surface area contributed by atoms with Gasteiger partial charge in [-0.3, -0.25) is 14.3 Å².